The third-order valence-corrected chi connectivity index (χ3v) is 3.48. The van der Waals surface area contributed by atoms with Crippen LogP contribution in [0.2, 0.25) is 0 Å². The quantitative estimate of drug-likeness (QED) is 0.847. The molecule has 0 aliphatic rings. The van der Waals surface area contributed by atoms with Crippen molar-refractivity contribution in [3.8, 4) is 0 Å². The van der Waals surface area contributed by atoms with E-state index in [0.29, 0.717) is 0 Å². The smallest absolute Gasteiger partial charge is 0.0880 e. The van der Waals surface area contributed by atoms with Crippen LogP contribution in [0.15, 0.2) is 24.3 Å². The largest absolute Gasteiger partial charge is 0.388 e. The zero-order chi connectivity index (χ0) is 11.5. The molecule has 1 rings (SSSR count). The second-order valence-electron chi connectivity index (χ2n) is 4.85. The molecule has 0 aliphatic carbocycles. The molecule has 0 spiro atoms. The van der Waals surface area contributed by atoms with Gasteiger partial charge in [0.1, 0.15) is 0 Å². The normalized spacial score (nSPS) is 13.9. The number of benzene rings is 1. The number of thioether (sulfide) groups is 1. The molecule has 0 bridgehead atoms. The van der Waals surface area contributed by atoms with E-state index in [-0.39, 0.29) is 10.9 Å². The summed E-state index contributed by atoms with van der Waals surface area (Å²) < 4.78 is 0.214. The predicted octanol–water partition coefficient (Wildman–Crippen LogP) is 3.56. The van der Waals surface area contributed by atoms with Gasteiger partial charge < -0.3 is 5.11 Å². The van der Waals surface area contributed by atoms with E-state index in [1.54, 1.807) is 11.8 Å². The molecule has 1 aromatic rings. The first kappa shape index (κ1) is 12.6. The highest BCUT2D eigenvalue weighted by Crippen LogP contribution is 2.28. The first-order valence-electron chi connectivity index (χ1n) is 5.27. The summed E-state index contributed by atoms with van der Waals surface area (Å²) in [4.78, 5) is 0. The minimum Gasteiger partial charge on any atom is -0.388 e. The van der Waals surface area contributed by atoms with Crippen LogP contribution < -0.4 is 0 Å². The van der Waals surface area contributed by atoms with E-state index in [2.05, 4.69) is 27.7 Å². The first-order chi connectivity index (χ1) is 6.88. The van der Waals surface area contributed by atoms with Gasteiger partial charge in [-0.05, 0) is 12.5 Å². The van der Waals surface area contributed by atoms with E-state index in [4.69, 9.17) is 0 Å². The van der Waals surface area contributed by atoms with E-state index < -0.39 is 0 Å². The molecule has 0 saturated carbocycles. The fraction of sp³-hybridized carbons (Fsp3) is 0.538. The number of aliphatic hydroxyl groups is 1. The first-order valence-corrected chi connectivity index (χ1v) is 6.25. The predicted molar refractivity (Wildman–Crippen MR) is 68.3 cm³/mol. The summed E-state index contributed by atoms with van der Waals surface area (Å²) in [5.74, 6) is 0.757. The molecule has 1 N–H and O–H groups in total. The average Bonchev–Trinajstić information content (AvgIpc) is 2.14. The Labute approximate surface area is 96.9 Å². The number of aliphatic hydroxyl groups excluding tert-OH is 1. The monoisotopic (exact) mass is 224 g/mol. The van der Waals surface area contributed by atoms with Crippen LogP contribution in [0, 0.1) is 6.92 Å². The van der Waals surface area contributed by atoms with Crippen LogP contribution in [-0.4, -0.2) is 15.6 Å². The molecular formula is C13H20OS. The van der Waals surface area contributed by atoms with Crippen molar-refractivity contribution in [3.05, 3.63) is 35.4 Å². The highest BCUT2D eigenvalue weighted by molar-refractivity contribution is 8.00. The van der Waals surface area contributed by atoms with Gasteiger partial charge in [-0.1, -0.05) is 50.6 Å². The molecular weight excluding hydrogens is 204 g/mol. The van der Waals surface area contributed by atoms with Crippen molar-refractivity contribution < 1.29 is 5.11 Å². The summed E-state index contributed by atoms with van der Waals surface area (Å²) in [6.07, 6.45) is -0.352. The zero-order valence-electron chi connectivity index (χ0n) is 9.95. The van der Waals surface area contributed by atoms with Gasteiger partial charge in [0.05, 0.1) is 6.10 Å². The van der Waals surface area contributed by atoms with Gasteiger partial charge in [-0.25, -0.2) is 0 Å². The maximum Gasteiger partial charge on any atom is 0.0880 e. The lowest BCUT2D eigenvalue weighted by atomic mass is 10.1. The summed E-state index contributed by atoms with van der Waals surface area (Å²) >= 11 is 1.79. The molecule has 0 aliphatic heterocycles. The molecule has 84 valence electrons. The Morgan fingerprint density at radius 2 is 1.73 bits per heavy atom. The van der Waals surface area contributed by atoms with Crippen molar-refractivity contribution in [2.75, 3.05) is 5.75 Å². The topological polar surface area (TPSA) is 20.2 Å². The standard InChI is InChI=1S/C13H20OS/c1-10-5-7-11(8-6-10)12(14)9-15-13(2,3)4/h5-8,12,14H,9H2,1-4H3. The van der Waals surface area contributed by atoms with E-state index in [9.17, 15) is 5.11 Å². The van der Waals surface area contributed by atoms with Crippen molar-refractivity contribution in [2.24, 2.45) is 0 Å². The SMILES string of the molecule is Cc1ccc(C(O)CSC(C)(C)C)cc1. The van der Waals surface area contributed by atoms with Crippen LogP contribution in [0.5, 0.6) is 0 Å². The molecule has 2 heteroatoms. The zero-order valence-corrected chi connectivity index (χ0v) is 10.8. The van der Waals surface area contributed by atoms with Gasteiger partial charge in [0.15, 0.2) is 0 Å². The molecule has 1 atom stereocenters. The highest BCUT2D eigenvalue weighted by atomic mass is 32.2. The van der Waals surface area contributed by atoms with Gasteiger partial charge in [0, 0.05) is 10.5 Å². The van der Waals surface area contributed by atoms with Crippen molar-refractivity contribution >= 4 is 11.8 Å². The van der Waals surface area contributed by atoms with E-state index in [1.165, 1.54) is 5.56 Å². The molecule has 0 radical (unpaired) electrons. The lowest BCUT2D eigenvalue weighted by molar-refractivity contribution is 0.204. The summed E-state index contributed by atoms with van der Waals surface area (Å²) in [6, 6.07) is 8.09. The van der Waals surface area contributed by atoms with Gasteiger partial charge in [-0.3, -0.25) is 0 Å². The molecule has 1 nitrogen and oxygen atoms in total. The fourth-order valence-electron chi connectivity index (χ4n) is 1.21. The summed E-state index contributed by atoms with van der Waals surface area (Å²) in [5.41, 5.74) is 2.24. The number of rotatable bonds is 3. The summed E-state index contributed by atoms with van der Waals surface area (Å²) in [5, 5.41) is 9.95. The minimum atomic E-state index is -0.352. The van der Waals surface area contributed by atoms with Gasteiger partial charge in [-0.2, -0.15) is 11.8 Å². The number of hydrogen-bond donors (Lipinski definition) is 1. The van der Waals surface area contributed by atoms with Crippen LogP contribution in [0.25, 0.3) is 0 Å². The van der Waals surface area contributed by atoms with Gasteiger partial charge >= 0.3 is 0 Å². The Hall–Kier alpha value is -0.470. The number of aryl methyl sites for hydroxylation is 1. The Balaban J connectivity index is 2.54. The van der Waals surface area contributed by atoms with Crippen molar-refractivity contribution in [2.45, 2.75) is 38.5 Å². The second kappa shape index (κ2) is 5.04. The van der Waals surface area contributed by atoms with Crippen molar-refractivity contribution in [3.63, 3.8) is 0 Å². The van der Waals surface area contributed by atoms with Crippen LogP contribution in [0.3, 0.4) is 0 Å². The third kappa shape index (κ3) is 4.72. The Bertz CT molecular complexity index is 297. The van der Waals surface area contributed by atoms with Crippen LogP contribution in [-0.2, 0) is 0 Å². The lowest BCUT2D eigenvalue weighted by Crippen LogP contribution is -2.12. The molecule has 0 amide bonds. The van der Waals surface area contributed by atoms with E-state index in [0.717, 1.165) is 11.3 Å². The third-order valence-electron chi connectivity index (χ3n) is 2.14. The Kier molecular flexibility index (Phi) is 4.23. The van der Waals surface area contributed by atoms with E-state index in [1.807, 2.05) is 24.3 Å². The van der Waals surface area contributed by atoms with Crippen molar-refractivity contribution in [1.82, 2.24) is 0 Å². The van der Waals surface area contributed by atoms with Crippen LogP contribution >= 0.6 is 11.8 Å². The van der Waals surface area contributed by atoms with Gasteiger partial charge in [0.25, 0.3) is 0 Å². The molecule has 0 aromatic heterocycles. The van der Waals surface area contributed by atoms with Gasteiger partial charge in [-0.15, -0.1) is 0 Å². The summed E-state index contributed by atoms with van der Waals surface area (Å²) in [7, 11) is 0. The van der Waals surface area contributed by atoms with Crippen LogP contribution in [0.1, 0.15) is 38.0 Å². The maximum absolute atomic E-state index is 9.95. The fourth-order valence-corrected chi connectivity index (χ4v) is 2.06. The molecule has 1 unspecified atom stereocenters. The molecule has 1 aromatic carbocycles. The second-order valence-corrected chi connectivity index (χ2v) is 6.70. The maximum atomic E-state index is 9.95. The van der Waals surface area contributed by atoms with Crippen LogP contribution in [0.4, 0.5) is 0 Å². The highest BCUT2D eigenvalue weighted by Gasteiger charge is 2.14. The Morgan fingerprint density at radius 1 is 1.20 bits per heavy atom. The lowest BCUT2D eigenvalue weighted by Gasteiger charge is -2.20. The Morgan fingerprint density at radius 3 is 2.20 bits per heavy atom. The molecule has 15 heavy (non-hydrogen) atoms. The number of hydrogen-bond acceptors (Lipinski definition) is 2. The molecule has 0 saturated heterocycles. The summed E-state index contributed by atoms with van der Waals surface area (Å²) in [6.45, 7) is 8.55. The minimum absolute atomic E-state index is 0.214. The average molecular weight is 224 g/mol. The van der Waals surface area contributed by atoms with E-state index >= 15 is 0 Å². The molecule has 0 heterocycles. The molecule has 0 fully saturated rings. The van der Waals surface area contributed by atoms with Crippen molar-refractivity contribution in [1.29, 1.82) is 0 Å². The van der Waals surface area contributed by atoms with Gasteiger partial charge in [0.2, 0.25) is 0 Å².